The van der Waals surface area contributed by atoms with Gasteiger partial charge in [0.05, 0.1) is 5.69 Å². The maximum absolute atomic E-state index is 5.91. The zero-order valence-electron chi connectivity index (χ0n) is 11.1. The summed E-state index contributed by atoms with van der Waals surface area (Å²) in [6.45, 7) is 0. The third-order valence-electron chi connectivity index (χ3n) is 3.49. The lowest BCUT2D eigenvalue weighted by Gasteiger charge is -2.21. The Bertz CT molecular complexity index is 879. The molecule has 21 heavy (non-hydrogen) atoms. The van der Waals surface area contributed by atoms with E-state index in [2.05, 4.69) is 16.4 Å². The number of aromatic nitrogens is 1. The summed E-state index contributed by atoms with van der Waals surface area (Å²) in [7, 11) is 0. The molecule has 0 saturated carbocycles. The first-order valence-electron chi connectivity index (χ1n) is 6.67. The minimum absolute atomic E-state index is 0.596. The molecule has 1 aromatic heterocycles. The van der Waals surface area contributed by atoms with Crippen LogP contribution in [0, 0.1) is 0 Å². The smallest absolute Gasteiger partial charge is 0.162 e. The van der Waals surface area contributed by atoms with Crippen molar-refractivity contribution < 1.29 is 4.74 Å². The zero-order chi connectivity index (χ0) is 14.2. The van der Waals surface area contributed by atoms with E-state index in [0.29, 0.717) is 10.7 Å². The Balaban J connectivity index is 1.78. The molecule has 3 aromatic rings. The molecule has 0 fully saturated rings. The second-order valence-electron chi connectivity index (χ2n) is 4.85. The number of aromatic amines is 1. The second-order valence-corrected chi connectivity index (χ2v) is 5.26. The molecule has 4 heteroatoms. The highest BCUT2D eigenvalue weighted by Crippen LogP contribution is 2.32. The number of ether oxygens (including phenoxy) is 1. The first-order valence-corrected chi connectivity index (χ1v) is 7.08. The average Bonchev–Trinajstić information content (AvgIpc) is 2.91. The minimum atomic E-state index is 0.596. The second kappa shape index (κ2) is 4.75. The monoisotopic (exact) mass is 292 g/mol. The van der Waals surface area contributed by atoms with Crippen molar-refractivity contribution in [3.05, 3.63) is 66.1 Å². The molecule has 2 N–H and O–H groups in total. The highest BCUT2D eigenvalue weighted by molar-refractivity contribution is 7.81. The van der Waals surface area contributed by atoms with Gasteiger partial charge in [0.25, 0.3) is 0 Å². The van der Waals surface area contributed by atoms with E-state index in [0.717, 1.165) is 27.9 Å². The molecule has 3 nitrogen and oxygen atoms in total. The third kappa shape index (κ3) is 2.10. The Morgan fingerprint density at radius 2 is 1.81 bits per heavy atom. The molecule has 1 aliphatic heterocycles. The Labute approximate surface area is 127 Å². The maximum Gasteiger partial charge on any atom is 0.162 e. The first-order chi connectivity index (χ1) is 10.3. The zero-order valence-corrected chi connectivity index (χ0v) is 11.9. The number of fused-ring (bicyclic) bond motifs is 2. The van der Waals surface area contributed by atoms with Crippen molar-refractivity contribution in [2.45, 2.75) is 0 Å². The van der Waals surface area contributed by atoms with Crippen LogP contribution in [0.3, 0.4) is 0 Å². The number of rotatable bonds is 1. The van der Waals surface area contributed by atoms with E-state index >= 15 is 0 Å². The molecule has 0 bridgehead atoms. The van der Waals surface area contributed by atoms with Crippen molar-refractivity contribution in [2.24, 2.45) is 0 Å². The predicted molar refractivity (Wildman–Crippen MR) is 89.6 cm³/mol. The van der Waals surface area contributed by atoms with Gasteiger partial charge in [-0.2, -0.15) is 0 Å². The summed E-state index contributed by atoms with van der Waals surface area (Å²) in [6, 6.07) is 15.9. The standard InChI is InChI=1S/C17H12N2OS/c21-17-16(20-15-8-4-3-7-14(15)19-17)9-11-10-18-13-6-2-1-5-12(11)13/h1-10,18H,(H,19,21)/b16-9+. The third-order valence-corrected chi connectivity index (χ3v) is 3.79. The van der Waals surface area contributed by atoms with Crippen LogP contribution in [0.5, 0.6) is 5.75 Å². The van der Waals surface area contributed by atoms with Gasteiger partial charge >= 0.3 is 0 Å². The van der Waals surface area contributed by atoms with Crippen LogP contribution in [-0.4, -0.2) is 9.97 Å². The van der Waals surface area contributed by atoms with Crippen LogP contribution in [0.15, 0.2) is 60.5 Å². The number of thiocarbonyl (C=S) groups is 1. The molecule has 0 atom stereocenters. The largest absolute Gasteiger partial charge is 0.452 e. The summed E-state index contributed by atoms with van der Waals surface area (Å²) in [5.74, 6) is 1.45. The van der Waals surface area contributed by atoms with Gasteiger partial charge in [-0.05, 0) is 24.3 Å². The van der Waals surface area contributed by atoms with Crippen molar-refractivity contribution in [2.75, 3.05) is 5.32 Å². The molecule has 0 unspecified atom stereocenters. The number of H-pyrrole nitrogens is 1. The molecule has 1 aliphatic rings. The van der Waals surface area contributed by atoms with Crippen LogP contribution in [0.25, 0.3) is 17.0 Å². The van der Waals surface area contributed by atoms with Gasteiger partial charge in [0, 0.05) is 22.7 Å². The number of benzene rings is 2. The number of anilines is 1. The van der Waals surface area contributed by atoms with Crippen LogP contribution in [0.4, 0.5) is 5.69 Å². The normalized spacial score (nSPS) is 15.6. The summed E-state index contributed by atoms with van der Waals surface area (Å²) >= 11 is 5.38. The highest BCUT2D eigenvalue weighted by atomic mass is 32.1. The maximum atomic E-state index is 5.91. The quantitative estimate of drug-likeness (QED) is 0.517. The summed E-state index contributed by atoms with van der Waals surface area (Å²) in [5, 5.41) is 4.35. The molecule has 2 aromatic carbocycles. The molecular formula is C17H12N2OS. The van der Waals surface area contributed by atoms with Gasteiger partial charge in [-0.3, -0.25) is 0 Å². The van der Waals surface area contributed by atoms with E-state index in [1.54, 1.807) is 0 Å². The van der Waals surface area contributed by atoms with Crippen LogP contribution in [0.1, 0.15) is 5.56 Å². The number of para-hydroxylation sites is 3. The number of hydrogen-bond acceptors (Lipinski definition) is 2. The van der Waals surface area contributed by atoms with Crippen molar-refractivity contribution in [3.8, 4) is 5.75 Å². The van der Waals surface area contributed by atoms with Crippen molar-refractivity contribution in [3.63, 3.8) is 0 Å². The molecule has 0 amide bonds. The van der Waals surface area contributed by atoms with E-state index < -0.39 is 0 Å². The fourth-order valence-corrected chi connectivity index (χ4v) is 2.67. The average molecular weight is 292 g/mol. The van der Waals surface area contributed by atoms with E-state index in [9.17, 15) is 0 Å². The topological polar surface area (TPSA) is 37.0 Å². The molecule has 4 rings (SSSR count). The first kappa shape index (κ1) is 12.2. The summed E-state index contributed by atoms with van der Waals surface area (Å²) in [6.07, 6.45) is 3.92. The Morgan fingerprint density at radius 3 is 2.76 bits per heavy atom. The minimum Gasteiger partial charge on any atom is -0.452 e. The van der Waals surface area contributed by atoms with Gasteiger partial charge in [0.2, 0.25) is 0 Å². The van der Waals surface area contributed by atoms with Crippen molar-refractivity contribution in [1.29, 1.82) is 0 Å². The fourth-order valence-electron chi connectivity index (χ4n) is 2.46. The van der Waals surface area contributed by atoms with Gasteiger partial charge in [0.1, 0.15) is 4.99 Å². The van der Waals surface area contributed by atoms with E-state index in [1.165, 1.54) is 0 Å². The van der Waals surface area contributed by atoms with Crippen molar-refractivity contribution in [1.82, 2.24) is 4.98 Å². The Morgan fingerprint density at radius 1 is 1.00 bits per heavy atom. The Kier molecular flexibility index (Phi) is 2.75. The van der Waals surface area contributed by atoms with E-state index in [1.807, 2.05) is 54.7 Å². The molecule has 102 valence electrons. The Hall–Kier alpha value is -2.59. The fraction of sp³-hybridized carbons (Fsp3) is 0. The molecule has 0 aliphatic carbocycles. The molecular weight excluding hydrogens is 280 g/mol. The summed E-state index contributed by atoms with van der Waals surface area (Å²) < 4.78 is 5.91. The number of hydrogen-bond donors (Lipinski definition) is 2. The molecule has 0 spiro atoms. The molecule has 2 heterocycles. The van der Waals surface area contributed by atoms with Gasteiger partial charge in [-0.25, -0.2) is 0 Å². The van der Waals surface area contributed by atoms with E-state index in [-0.39, 0.29) is 0 Å². The van der Waals surface area contributed by atoms with Crippen LogP contribution in [0.2, 0.25) is 0 Å². The molecule has 0 saturated heterocycles. The van der Waals surface area contributed by atoms with Gasteiger partial charge < -0.3 is 15.0 Å². The summed E-state index contributed by atoms with van der Waals surface area (Å²) in [5.41, 5.74) is 3.06. The van der Waals surface area contributed by atoms with E-state index in [4.69, 9.17) is 17.0 Å². The van der Waals surface area contributed by atoms with Gasteiger partial charge in [-0.15, -0.1) is 0 Å². The van der Waals surface area contributed by atoms with Crippen LogP contribution >= 0.6 is 12.2 Å². The van der Waals surface area contributed by atoms with Crippen molar-refractivity contribution >= 4 is 39.9 Å². The summed E-state index contributed by atoms with van der Waals surface area (Å²) in [4.78, 5) is 3.84. The van der Waals surface area contributed by atoms with Crippen LogP contribution < -0.4 is 10.1 Å². The van der Waals surface area contributed by atoms with Gasteiger partial charge in [0.15, 0.2) is 11.5 Å². The van der Waals surface area contributed by atoms with Gasteiger partial charge in [-0.1, -0.05) is 42.5 Å². The predicted octanol–water partition coefficient (Wildman–Crippen LogP) is 4.34. The lowest BCUT2D eigenvalue weighted by atomic mass is 10.1. The number of nitrogens with one attached hydrogen (secondary N) is 2. The molecule has 0 radical (unpaired) electrons. The highest BCUT2D eigenvalue weighted by Gasteiger charge is 2.18. The lowest BCUT2D eigenvalue weighted by molar-refractivity contribution is 0.457. The SMILES string of the molecule is S=C1Nc2ccccc2O/C1=C/c1c[nH]c2ccccc12. The van der Waals surface area contributed by atoms with Crippen LogP contribution in [-0.2, 0) is 0 Å². The lowest BCUT2D eigenvalue weighted by Crippen LogP contribution is -2.21.